The number of phenolic OH excluding ortho intramolecular Hbond substituents is 2. The van der Waals surface area contributed by atoms with Crippen molar-refractivity contribution in [2.45, 2.75) is 104 Å². The highest BCUT2D eigenvalue weighted by atomic mass is 16.3. The number of aromatic hydroxyl groups is 2. The smallest absolute Gasteiger partial charge is 0.123 e. The number of aryl methyl sites for hydroxylation is 1. The molecule has 0 aliphatic rings. The zero-order valence-electron chi connectivity index (χ0n) is 21.0. The van der Waals surface area contributed by atoms with Crippen LogP contribution in [0.4, 0.5) is 0 Å². The van der Waals surface area contributed by atoms with E-state index >= 15 is 0 Å². The number of hydrogen-bond donors (Lipinski definition) is 2. The first kappa shape index (κ1) is 24.3. The summed E-state index contributed by atoms with van der Waals surface area (Å²) >= 11 is 0. The summed E-state index contributed by atoms with van der Waals surface area (Å²) in [5.41, 5.74) is 4.27. The lowest BCUT2D eigenvalue weighted by Crippen LogP contribution is -2.31. The van der Waals surface area contributed by atoms with E-state index in [1.54, 1.807) is 0 Å². The van der Waals surface area contributed by atoms with Crippen LogP contribution in [0.2, 0.25) is 0 Å². The van der Waals surface area contributed by atoms with Crippen molar-refractivity contribution >= 4 is 0 Å². The summed E-state index contributed by atoms with van der Waals surface area (Å²) in [5, 5.41) is 22.3. The molecule has 0 saturated heterocycles. The molecule has 0 unspecified atom stereocenters. The summed E-state index contributed by atoms with van der Waals surface area (Å²) < 4.78 is 0. The Hall–Kier alpha value is -1.96. The molecule has 0 aliphatic heterocycles. The van der Waals surface area contributed by atoms with Crippen molar-refractivity contribution in [3.05, 3.63) is 58.1 Å². The lowest BCUT2D eigenvalue weighted by atomic mass is 9.66. The van der Waals surface area contributed by atoms with Gasteiger partial charge in [-0.05, 0) is 51.7 Å². The summed E-state index contributed by atoms with van der Waals surface area (Å²) in [6.07, 6.45) is 0.793. The van der Waals surface area contributed by atoms with Crippen LogP contribution in [0.1, 0.15) is 103 Å². The molecule has 2 aromatic carbocycles. The summed E-state index contributed by atoms with van der Waals surface area (Å²) in [7, 11) is 0. The molecule has 2 N–H and O–H groups in total. The first-order chi connectivity index (χ1) is 13.4. The normalized spacial score (nSPS) is 13.6. The van der Waals surface area contributed by atoms with Crippen LogP contribution in [0.5, 0.6) is 11.5 Å². The Morgan fingerprint density at radius 3 is 1.50 bits per heavy atom. The number of benzene rings is 2. The predicted octanol–water partition coefficient (Wildman–Crippen LogP) is 7.65. The van der Waals surface area contributed by atoms with Crippen molar-refractivity contribution in [1.82, 2.24) is 0 Å². The summed E-state index contributed by atoms with van der Waals surface area (Å²) in [5.74, 6) is 0.802. The number of hydrogen-bond acceptors (Lipinski definition) is 2. The first-order valence-electron chi connectivity index (χ1n) is 11.1. The van der Waals surface area contributed by atoms with Gasteiger partial charge < -0.3 is 10.2 Å². The Kier molecular flexibility index (Phi) is 6.18. The molecule has 2 heteroatoms. The largest absolute Gasteiger partial charge is 0.507 e. The highest BCUT2D eigenvalue weighted by Crippen LogP contribution is 2.47. The van der Waals surface area contributed by atoms with Gasteiger partial charge in [0.15, 0.2) is 0 Å². The molecule has 166 valence electrons. The van der Waals surface area contributed by atoms with Gasteiger partial charge in [-0.3, -0.25) is 0 Å². The fraction of sp³-hybridized carbons (Fsp3) is 0.571. The monoisotopic (exact) mass is 410 g/mol. The second-order valence-corrected chi connectivity index (χ2v) is 12.4. The molecule has 0 aliphatic carbocycles. The molecular weight excluding hydrogens is 368 g/mol. The van der Waals surface area contributed by atoms with Crippen molar-refractivity contribution in [2.75, 3.05) is 0 Å². The van der Waals surface area contributed by atoms with E-state index in [9.17, 15) is 10.2 Å². The minimum absolute atomic E-state index is 0.123. The Balaban J connectivity index is 2.56. The van der Waals surface area contributed by atoms with E-state index in [2.05, 4.69) is 88.3 Å². The van der Waals surface area contributed by atoms with Crippen LogP contribution < -0.4 is 0 Å². The van der Waals surface area contributed by atoms with E-state index in [1.807, 2.05) is 18.2 Å². The Bertz CT molecular complexity index is 919. The molecule has 2 rings (SSSR count). The molecule has 30 heavy (non-hydrogen) atoms. The van der Waals surface area contributed by atoms with Crippen molar-refractivity contribution in [2.24, 2.45) is 0 Å². The van der Waals surface area contributed by atoms with Crippen molar-refractivity contribution in [1.29, 1.82) is 0 Å². The van der Waals surface area contributed by atoms with Gasteiger partial charge in [-0.2, -0.15) is 0 Å². The predicted molar refractivity (Wildman–Crippen MR) is 129 cm³/mol. The minimum Gasteiger partial charge on any atom is -0.507 e. The molecule has 0 spiro atoms. The third kappa shape index (κ3) is 4.85. The van der Waals surface area contributed by atoms with Gasteiger partial charge in [0.05, 0.1) is 0 Å². The summed E-state index contributed by atoms with van der Waals surface area (Å²) in [6.45, 7) is 23.7. The van der Waals surface area contributed by atoms with Crippen molar-refractivity contribution in [3.8, 4) is 11.5 Å². The van der Waals surface area contributed by atoms with Gasteiger partial charge in [0.2, 0.25) is 0 Å². The van der Waals surface area contributed by atoms with Crippen LogP contribution >= 0.6 is 0 Å². The zero-order chi connectivity index (χ0) is 23.3. The standard InChI is InChI=1S/C28H42O2/c1-18-15-21(26(5,6)7)24(30)22(16-18)28(10,11)17-27(8,9)20-14-12-13-19(23(20)29)25(2,3)4/h12-16,29-30H,17H2,1-11H3. The Morgan fingerprint density at radius 2 is 1.00 bits per heavy atom. The number of rotatable bonds is 4. The lowest BCUT2D eigenvalue weighted by molar-refractivity contribution is 0.323. The molecule has 0 heterocycles. The van der Waals surface area contributed by atoms with E-state index in [0.717, 1.165) is 34.2 Å². The second-order valence-electron chi connectivity index (χ2n) is 12.4. The van der Waals surface area contributed by atoms with E-state index in [1.165, 1.54) is 0 Å². The molecular formula is C28H42O2. The highest BCUT2D eigenvalue weighted by Gasteiger charge is 2.37. The molecule has 0 saturated carbocycles. The molecule has 2 nitrogen and oxygen atoms in total. The van der Waals surface area contributed by atoms with Crippen LogP contribution in [-0.2, 0) is 21.7 Å². The van der Waals surface area contributed by atoms with Crippen LogP contribution in [0.15, 0.2) is 30.3 Å². The second kappa shape index (κ2) is 7.62. The molecule has 0 aromatic heterocycles. The number of para-hydroxylation sites is 1. The SMILES string of the molecule is Cc1cc(C(C)(C)C)c(O)c(C(C)(C)CC(C)(C)c2cccc(C(C)(C)C)c2O)c1. The quantitative estimate of drug-likeness (QED) is 0.543. The summed E-state index contributed by atoms with van der Waals surface area (Å²) in [6, 6.07) is 10.3. The molecule has 0 atom stereocenters. The minimum atomic E-state index is -0.274. The highest BCUT2D eigenvalue weighted by molar-refractivity contribution is 5.51. The van der Waals surface area contributed by atoms with Crippen LogP contribution in [-0.4, -0.2) is 10.2 Å². The number of phenols is 2. The van der Waals surface area contributed by atoms with Crippen molar-refractivity contribution < 1.29 is 10.2 Å². The first-order valence-corrected chi connectivity index (χ1v) is 11.1. The van der Waals surface area contributed by atoms with Gasteiger partial charge in [0, 0.05) is 5.56 Å². The van der Waals surface area contributed by atoms with Gasteiger partial charge in [0.25, 0.3) is 0 Å². The lowest BCUT2D eigenvalue weighted by Gasteiger charge is -2.38. The molecule has 2 aromatic rings. The Labute approximate surface area is 184 Å². The zero-order valence-corrected chi connectivity index (χ0v) is 21.0. The van der Waals surface area contributed by atoms with Gasteiger partial charge in [-0.15, -0.1) is 0 Å². The summed E-state index contributed by atoms with van der Waals surface area (Å²) in [4.78, 5) is 0. The fourth-order valence-electron chi connectivity index (χ4n) is 4.86. The average molecular weight is 411 g/mol. The molecule has 0 fully saturated rings. The third-order valence-electron chi connectivity index (χ3n) is 6.25. The molecule has 0 radical (unpaired) electrons. The van der Waals surface area contributed by atoms with Gasteiger partial charge in [-0.25, -0.2) is 0 Å². The van der Waals surface area contributed by atoms with Gasteiger partial charge in [0.1, 0.15) is 11.5 Å². The topological polar surface area (TPSA) is 40.5 Å². The maximum Gasteiger partial charge on any atom is 0.123 e. The molecule has 0 bridgehead atoms. The van der Waals surface area contributed by atoms with E-state index in [-0.39, 0.29) is 21.7 Å². The fourth-order valence-corrected chi connectivity index (χ4v) is 4.86. The maximum absolute atomic E-state index is 11.2. The van der Waals surface area contributed by atoms with Crippen molar-refractivity contribution in [3.63, 3.8) is 0 Å². The Morgan fingerprint density at radius 1 is 0.600 bits per heavy atom. The van der Waals surface area contributed by atoms with Crippen LogP contribution in [0, 0.1) is 6.92 Å². The van der Waals surface area contributed by atoms with E-state index in [0.29, 0.717) is 11.5 Å². The van der Waals surface area contributed by atoms with Crippen LogP contribution in [0.25, 0.3) is 0 Å². The van der Waals surface area contributed by atoms with E-state index in [4.69, 9.17) is 0 Å². The van der Waals surface area contributed by atoms with Gasteiger partial charge in [-0.1, -0.05) is 105 Å². The third-order valence-corrected chi connectivity index (χ3v) is 6.25. The van der Waals surface area contributed by atoms with E-state index < -0.39 is 0 Å². The average Bonchev–Trinajstić information content (AvgIpc) is 2.53. The van der Waals surface area contributed by atoms with Crippen LogP contribution in [0.3, 0.4) is 0 Å². The maximum atomic E-state index is 11.2. The van der Waals surface area contributed by atoms with Gasteiger partial charge >= 0.3 is 0 Å². The molecule has 0 amide bonds.